The van der Waals surface area contributed by atoms with Crippen molar-refractivity contribution >= 4 is 5.97 Å². The van der Waals surface area contributed by atoms with Crippen LogP contribution in [0.25, 0.3) is 0 Å². The van der Waals surface area contributed by atoms with Gasteiger partial charge in [-0.25, -0.2) is 0 Å². The topological polar surface area (TPSA) is 81.8 Å². The van der Waals surface area contributed by atoms with Gasteiger partial charge in [0.05, 0.1) is 25.7 Å². The van der Waals surface area contributed by atoms with Crippen LogP contribution in [-0.4, -0.2) is 37.4 Å². The third kappa shape index (κ3) is 3.24. The fourth-order valence-electron chi connectivity index (χ4n) is 1.99. The summed E-state index contributed by atoms with van der Waals surface area (Å²) in [5, 5.41) is 9.09. The molecule has 1 aromatic rings. The van der Waals surface area contributed by atoms with Crippen molar-refractivity contribution in [1.29, 1.82) is 0 Å². The predicted molar refractivity (Wildman–Crippen MR) is 70.3 cm³/mol. The van der Waals surface area contributed by atoms with E-state index in [1.54, 1.807) is 18.2 Å². The molecule has 1 atom stereocenters. The number of hydrogen-bond acceptors (Lipinski definition) is 4. The van der Waals surface area contributed by atoms with Crippen LogP contribution in [0.4, 0.5) is 0 Å². The lowest BCUT2D eigenvalue weighted by Crippen LogP contribution is -2.44. The molecule has 1 aliphatic rings. The van der Waals surface area contributed by atoms with Gasteiger partial charge in [-0.1, -0.05) is 19.1 Å². The molecule has 0 spiro atoms. The highest BCUT2D eigenvalue weighted by atomic mass is 16.5. The van der Waals surface area contributed by atoms with Crippen molar-refractivity contribution < 1.29 is 19.4 Å². The summed E-state index contributed by atoms with van der Waals surface area (Å²) in [7, 11) is 0. The number of nitrogens with two attached hydrogens (primary N) is 1. The van der Waals surface area contributed by atoms with Gasteiger partial charge in [0.25, 0.3) is 0 Å². The average Bonchev–Trinajstić information content (AvgIpc) is 2.35. The molecule has 1 aromatic carbocycles. The maximum absolute atomic E-state index is 11.1. The van der Waals surface area contributed by atoms with Crippen LogP contribution in [0.5, 0.6) is 5.75 Å². The van der Waals surface area contributed by atoms with Gasteiger partial charge >= 0.3 is 5.97 Å². The SMILES string of the molecule is CC1(COc2cccc(C(CN)C(=O)O)c2)COC1. The summed E-state index contributed by atoms with van der Waals surface area (Å²) in [6, 6.07) is 7.11. The average molecular weight is 265 g/mol. The van der Waals surface area contributed by atoms with E-state index in [0.29, 0.717) is 31.1 Å². The molecule has 5 nitrogen and oxygen atoms in total. The van der Waals surface area contributed by atoms with E-state index in [9.17, 15) is 4.79 Å². The third-order valence-electron chi connectivity index (χ3n) is 3.28. The molecule has 0 bridgehead atoms. The highest BCUT2D eigenvalue weighted by Gasteiger charge is 2.34. The van der Waals surface area contributed by atoms with E-state index < -0.39 is 11.9 Å². The Labute approximate surface area is 112 Å². The zero-order valence-electron chi connectivity index (χ0n) is 11.0. The van der Waals surface area contributed by atoms with Crippen LogP contribution in [0.3, 0.4) is 0 Å². The first-order chi connectivity index (χ1) is 9.04. The molecule has 1 unspecified atom stereocenters. The Morgan fingerprint density at radius 3 is 2.84 bits per heavy atom. The Morgan fingerprint density at radius 1 is 1.58 bits per heavy atom. The number of ether oxygens (including phenoxy) is 2. The summed E-state index contributed by atoms with van der Waals surface area (Å²) in [6.07, 6.45) is 0. The van der Waals surface area contributed by atoms with Gasteiger partial charge in [-0.05, 0) is 17.7 Å². The molecule has 1 fully saturated rings. The van der Waals surface area contributed by atoms with Crippen LogP contribution >= 0.6 is 0 Å². The van der Waals surface area contributed by atoms with E-state index >= 15 is 0 Å². The molecule has 1 aliphatic heterocycles. The number of benzene rings is 1. The van der Waals surface area contributed by atoms with Crippen LogP contribution in [0, 0.1) is 5.41 Å². The van der Waals surface area contributed by atoms with Crippen molar-refractivity contribution in [3.63, 3.8) is 0 Å². The summed E-state index contributed by atoms with van der Waals surface area (Å²) in [4.78, 5) is 11.1. The fourth-order valence-corrected chi connectivity index (χ4v) is 1.99. The molecule has 19 heavy (non-hydrogen) atoms. The molecule has 0 aromatic heterocycles. The van der Waals surface area contributed by atoms with Gasteiger partial charge in [-0.2, -0.15) is 0 Å². The second-order valence-corrected chi connectivity index (χ2v) is 5.29. The molecule has 104 valence electrons. The van der Waals surface area contributed by atoms with E-state index in [0.717, 1.165) is 0 Å². The lowest BCUT2D eigenvalue weighted by atomic mass is 9.90. The van der Waals surface area contributed by atoms with Crippen molar-refractivity contribution in [2.45, 2.75) is 12.8 Å². The first kappa shape index (κ1) is 13.8. The highest BCUT2D eigenvalue weighted by Crippen LogP contribution is 2.28. The molecule has 1 heterocycles. The van der Waals surface area contributed by atoms with Gasteiger partial charge in [-0.3, -0.25) is 4.79 Å². The van der Waals surface area contributed by atoms with E-state index in [1.165, 1.54) is 0 Å². The Bertz CT molecular complexity index is 457. The molecule has 5 heteroatoms. The summed E-state index contributed by atoms with van der Waals surface area (Å²) >= 11 is 0. The standard InChI is InChI=1S/C14H19NO4/c1-14(7-18-8-14)9-19-11-4-2-3-10(5-11)12(6-15)13(16)17/h2-5,12H,6-9,15H2,1H3,(H,16,17). The number of carboxylic acids is 1. The Morgan fingerprint density at radius 2 is 2.32 bits per heavy atom. The number of carboxylic acid groups (broad SMARTS) is 1. The monoisotopic (exact) mass is 265 g/mol. The smallest absolute Gasteiger partial charge is 0.312 e. The van der Waals surface area contributed by atoms with E-state index in [-0.39, 0.29) is 12.0 Å². The lowest BCUT2D eigenvalue weighted by Gasteiger charge is -2.37. The van der Waals surface area contributed by atoms with Crippen LogP contribution in [0.15, 0.2) is 24.3 Å². The third-order valence-corrected chi connectivity index (χ3v) is 3.28. The van der Waals surface area contributed by atoms with Crippen molar-refractivity contribution in [2.75, 3.05) is 26.4 Å². The maximum Gasteiger partial charge on any atom is 0.312 e. The largest absolute Gasteiger partial charge is 0.493 e. The molecule has 3 N–H and O–H groups in total. The number of rotatable bonds is 6. The van der Waals surface area contributed by atoms with Crippen molar-refractivity contribution in [2.24, 2.45) is 11.1 Å². The zero-order chi connectivity index (χ0) is 13.9. The Hall–Kier alpha value is -1.59. The Balaban J connectivity index is 2.04. The highest BCUT2D eigenvalue weighted by molar-refractivity contribution is 5.76. The van der Waals surface area contributed by atoms with E-state index in [1.807, 2.05) is 6.07 Å². The van der Waals surface area contributed by atoms with Crippen molar-refractivity contribution in [3.05, 3.63) is 29.8 Å². The molecule has 0 radical (unpaired) electrons. The summed E-state index contributed by atoms with van der Waals surface area (Å²) in [6.45, 7) is 4.14. The van der Waals surface area contributed by atoms with Gasteiger partial charge in [0.2, 0.25) is 0 Å². The van der Waals surface area contributed by atoms with E-state index in [4.69, 9.17) is 20.3 Å². The maximum atomic E-state index is 11.1. The van der Waals surface area contributed by atoms with Crippen molar-refractivity contribution in [1.82, 2.24) is 0 Å². The minimum absolute atomic E-state index is 0.0655. The van der Waals surface area contributed by atoms with Crippen molar-refractivity contribution in [3.8, 4) is 5.75 Å². The molecule has 0 aliphatic carbocycles. The van der Waals surface area contributed by atoms with E-state index in [2.05, 4.69) is 6.92 Å². The summed E-state index contributed by atoms with van der Waals surface area (Å²) < 4.78 is 10.9. The predicted octanol–water partition coefficient (Wildman–Crippen LogP) is 1.23. The second-order valence-electron chi connectivity index (χ2n) is 5.29. The normalized spacial score (nSPS) is 18.4. The van der Waals surface area contributed by atoms with Gasteiger partial charge < -0.3 is 20.3 Å². The quantitative estimate of drug-likeness (QED) is 0.808. The van der Waals surface area contributed by atoms with Gasteiger partial charge in [0.1, 0.15) is 5.75 Å². The zero-order valence-corrected chi connectivity index (χ0v) is 11.0. The molecule has 0 saturated carbocycles. The first-order valence-corrected chi connectivity index (χ1v) is 6.27. The molecule has 2 rings (SSSR count). The van der Waals surface area contributed by atoms with Gasteiger partial charge in [0, 0.05) is 12.0 Å². The number of carbonyl (C=O) groups is 1. The minimum atomic E-state index is -0.918. The van der Waals surface area contributed by atoms with Crippen LogP contribution in [0.2, 0.25) is 0 Å². The van der Waals surface area contributed by atoms with Crippen LogP contribution < -0.4 is 10.5 Å². The fraction of sp³-hybridized carbons (Fsp3) is 0.500. The molecule has 0 amide bonds. The lowest BCUT2D eigenvalue weighted by molar-refractivity contribution is -0.138. The van der Waals surface area contributed by atoms with Crippen LogP contribution in [0.1, 0.15) is 18.4 Å². The van der Waals surface area contributed by atoms with Crippen LogP contribution in [-0.2, 0) is 9.53 Å². The number of hydrogen-bond donors (Lipinski definition) is 2. The summed E-state index contributed by atoms with van der Waals surface area (Å²) in [5.74, 6) is -0.935. The molecular formula is C14H19NO4. The number of aliphatic carboxylic acids is 1. The summed E-state index contributed by atoms with van der Waals surface area (Å²) in [5.41, 5.74) is 6.23. The first-order valence-electron chi connectivity index (χ1n) is 6.27. The Kier molecular flexibility index (Phi) is 4.07. The molecular weight excluding hydrogens is 246 g/mol. The van der Waals surface area contributed by atoms with Gasteiger partial charge in [-0.15, -0.1) is 0 Å². The van der Waals surface area contributed by atoms with Gasteiger partial charge in [0.15, 0.2) is 0 Å². The second kappa shape index (κ2) is 5.59. The minimum Gasteiger partial charge on any atom is -0.493 e. The molecule has 1 saturated heterocycles.